The number of hydrogen-bond acceptors (Lipinski definition) is 3. The molecule has 1 rings (SSSR count). The lowest BCUT2D eigenvalue weighted by molar-refractivity contribution is -0.142. The Morgan fingerprint density at radius 2 is 1.89 bits per heavy atom. The average molecular weight is 269 g/mol. The second-order valence-electron chi connectivity index (χ2n) is 5.46. The van der Waals surface area contributed by atoms with Gasteiger partial charge < -0.3 is 10.4 Å². The van der Waals surface area contributed by atoms with Gasteiger partial charge in [-0.1, -0.05) is 20.8 Å². The number of rotatable bonds is 3. The van der Waals surface area contributed by atoms with Crippen molar-refractivity contribution in [1.82, 2.24) is 5.32 Å². The zero-order valence-electron chi connectivity index (χ0n) is 11.3. The molecule has 0 aliphatic heterocycles. The van der Waals surface area contributed by atoms with E-state index in [0.717, 1.165) is 10.4 Å². The van der Waals surface area contributed by atoms with Gasteiger partial charge in [-0.3, -0.25) is 4.79 Å². The molecule has 5 heteroatoms. The number of carboxylic acids is 1. The maximum absolute atomic E-state index is 12.0. The van der Waals surface area contributed by atoms with Crippen molar-refractivity contribution in [2.24, 2.45) is 5.41 Å². The van der Waals surface area contributed by atoms with Gasteiger partial charge in [-0.15, -0.1) is 11.3 Å². The summed E-state index contributed by atoms with van der Waals surface area (Å²) in [6.07, 6.45) is 0. The third-order valence-corrected chi connectivity index (χ3v) is 3.93. The zero-order valence-corrected chi connectivity index (χ0v) is 12.1. The fourth-order valence-corrected chi connectivity index (χ4v) is 2.47. The first-order chi connectivity index (χ1) is 8.12. The minimum absolute atomic E-state index is 0.321. The van der Waals surface area contributed by atoms with Crippen LogP contribution in [0.5, 0.6) is 0 Å². The zero-order chi connectivity index (χ0) is 14.1. The summed E-state index contributed by atoms with van der Waals surface area (Å²) in [6.45, 7) is 9.24. The Kier molecular flexibility index (Phi) is 4.16. The van der Waals surface area contributed by atoms with Gasteiger partial charge in [0.1, 0.15) is 6.04 Å². The van der Waals surface area contributed by atoms with E-state index in [0.29, 0.717) is 4.88 Å². The highest BCUT2D eigenvalue weighted by Crippen LogP contribution is 2.23. The van der Waals surface area contributed by atoms with E-state index in [1.54, 1.807) is 26.8 Å². The highest BCUT2D eigenvalue weighted by Gasteiger charge is 2.33. The molecule has 1 heterocycles. The molecule has 0 unspecified atom stereocenters. The Hall–Kier alpha value is -1.36. The van der Waals surface area contributed by atoms with Gasteiger partial charge in [-0.05, 0) is 30.9 Å². The Labute approximate surface area is 111 Å². The molecule has 18 heavy (non-hydrogen) atoms. The lowest BCUT2D eigenvalue weighted by Crippen LogP contribution is -2.48. The summed E-state index contributed by atoms with van der Waals surface area (Å²) in [5.41, 5.74) is 0.524. The van der Waals surface area contributed by atoms with Gasteiger partial charge in [-0.2, -0.15) is 0 Å². The van der Waals surface area contributed by atoms with Crippen LogP contribution >= 0.6 is 11.3 Å². The Bertz CT molecular complexity index is 452. The number of carboxylic acid groups (broad SMARTS) is 1. The van der Waals surface area contributed by atoms with Crippen LogP contribution < -0.4 is 5.32 Å². The monoisotopic (exact) mass is 269 g/mol. The third-order valence-electron chi connectivity index (χ3n) is 2.78. The van der Waals surface area contributed by atoms with Crippen LogP contribution in [0.4, 0.5) is 0 Å². The minimum atomic E-state index is -1.01. The van der Waals surface area contributed by atoms with Gasteiger partial charge in [0, 0.05) is 4.88 Å². The molecule has 2 N–H and O–H groups in total. The summed E-state index contributed by atoms with van der Waals surface area (Å²) in [6, 6.07) is 0.893. The first-order valence-electron chi connectivity index (χ1n) is 5.73. The van der Waals surface area contributed by atoms with Crippen LogP contribution in [0, 0.1) is 19.3 Å². The molecule has 0 aliphatic carbocycles. The second-order valence-corrected chi connectivity index (χ2v) is 6.72. The molecule has 0 saturated carbocycles. The van der Waals surface area contributed by atoms with Gasteiger partial charge in [0.15, 0.2) is 0 Å². The van der Waals surface area contributed by atoms with Crippen LogP contribution in [0.15, 0.2) is 6.07 Å². The minimum Gasteiger partial charge on any atom is -0.480 e. The van der Waals surface area contributed by atoms with Crippen LogP contribution in [-0.4, -0.2) is 23.0 Å². The van der Waals surface area contributed by atoms with Crippen LogP contribution in [0.25, 0.3) is 0 Å². The van der Waals surface area contributed by atoms with Crippen molar-refractivity contribution >= 4 is 23.2 Å². The van der Waals surface area contributed by atoms with Crippen molar-refractivity contribution in [3.63, 3.8) is 0 Å². The van der Waals surface area contributed by atoms with Crippen LogP contribution in [-0.2, 0) is 4.79 Å². The van der Waals surface area contributed by atoms with Crippen molar-refractivity contribution < 1.29 is 14.7 Å². The number of carbonyl (C=O) groups excluding carboxylic acids is 1. The summed E-state index contributed by atoms with van der Waals surface area (Å²) in [5.74, 6) is -1.33. The molecule has 0 bridgehead atoms. The standard InChI is InChI=1S/C13H19NO3S/c1-7-6-9(18-8(7)2)11(15)14-10(12(16)17)13(3,4)5/h6,10H,1-5H3,(H,14,15)(H,16,17)/t10-/m0/s1. The van der Waals surface area contributed by atoms with Gasteiger partial charge >= 0.3 is 5.97 Å². The summed E-state index contributed by atoms with van der Waals surface area (Å²) >= 11 is 1.38. The van der Waals surface area contributed by atoms with Crippen LogP contribution in [0.3, 0.4) is 0 Å². The predicted octanol–water partition coefficient (Wildman–Crippen LogP) is 2.59. The van der Waals surface area contributed by atoms with Crippen molar-refractivity contribution in [2.45, 2.75) is 40.7 Å². The van der Waals surface area contributed by atoms with Gasteiger partial charge in [0.05, 0.1) is 4.88 Å². The quantitative estimate of drug-likeness (QED) is 0.886. The highest BCUT2D eigenvalue weighted by molar-refractivity contribution is 7.14. The third kappa shape index (κ3) is 3.32. The molecule has 0 aliphatic rings. The van der Waals surface area contributed by atoms with E-state index in [1.807, 2.05) is 13.8 Å². The number of thiophene rings is 1. The number of nitrogens with one attached hydrogen (secondary N) is 1. The molecule has 1 atom stereocenters. The fraction of sp³-hybridized carbons (Fsp3) is 0.538. The number of amides is 1. The summed E-state index contributed by atoms with van der Waals surface area (Å²) in [5, 5.41) is 11.7. The summed E-state index contributed by atoms with van der Waals surface area (Å²) in [7, 11) is 0. The van der Waals surface area contributed by atoms with E-state index < -0.39 is 17.4 Å². The van der Waals surface area contributed by atoms with E-state index in [4.69, 9.17) is 5.11 Å². The number of aryl methyl sites for hydroxylation is 2. The molecule has 0 fully saturated rings. The maximum Gasteiger partial charge on any atom is 0.326 e. The van der Waals surface area contributed by atoms with Gasteiger partial charge in [0.25, 0.3) is 5.91 Å². The van der Waals surface area contributed by atoms with E-state index in [9.17, 15) is 9.59 Å². The van der Waals surface area contributed by atoms with Crippen molar-refractivity contribution in [2.75, 3.05) is 0 Å². The van der Waals surface area contributed by atoms with Crippen molar-refractivity contribution in [3.05, 3.63) is 21.4 Å². The second kappa shape index (κ2) is 5.10. The Balaban J connectivity index is 2.89. The molecule has 1 aromatic heterocycles. The highest BCUT2D eigenvalue weighted by atomic mass is 32.1. The Morgan fingerprint density at radius 3 is 2.22 bits per heavy atom. The van der Waals surface area contributed by atoms with Crippen molar-refractivity contribution in [1.29, 1.82) is 0 Å². The molecule has 0 aromatic carbocycles. The topological polar surface area (TPSA) is 66.4 Å². The summed E-state index contributed by atoms with van der Waals surface area (Å²) < 4.78 is 0. The van der Waals surface area contributed by atoms with Crippen molar-refractivity contribution in [3.8, 4) is 0 Å². The molecule has 1 amide bonds. The fourth-order valence-electron chi connectivity index (χ4n) is 1.54. The van der Waals surface area contributed by atoms with E-state index in [-0.39, 0.29) is 5.91 Å². The molecular formula is C13H19NO3S. The number of aliphatic carboxylic acids is 1. The lowest BCUT2D eigenvalue weighted by atomic mass is 9.87. The molecule has 4 nitrogen and oxygen atoms in total. The van der Waals surface area contributed by atoms with E-state index >= 15 is 0 Å². The SMILES string of the molecule is Cc1cc(C(=O)N[C@@H](C(=O)O)C(C)(C)C)sc1C. The first-order valence-corrected chi connectivity index (χ1v) is 6.55. The lowest BCUT2D eigenvalue weighted by Gasteiger charge is -2.27. The molecule has 0 radical (unpaired) electrons. The molecule has 1 aromatic rings. The Morgan fingerprint density at radius 1 is 1.33 bits per heavy atom. The molecule has 0 saturated heterocycles. The first kappa shape index (κ1) is 14.7. The molecular weight excluding hydrogens is 250 g/mol. The van der Waals surface area contributed by atoms with Gasteiger partial charge in [-0.25, -0.2) is 4.79 Å². The van der Waals surface area contributed by atoms with Crippen LogP contribution in [0.1, 0.15) is 40.9 Å². The molecule has 0 spiro atoms. The normalized spacial score (nSPS) is 13.2. The predicted molar refractivity (Wildman–Crippen MR) is 72.1 cm³/mol. The number of hydrogen-bond donors (Lipinski definition) is 2. The average Bonchev–Trinajstić information content (AvgIpc) is 2.53. The number of carbonyl (C=O) groups is 2. The van der Waals surface area contributed by atoms with Crippen LogP contribution in [0.2, 0.25) is 0 Å². The largest absolute Gasteiger partial charge is 0.480 e. The van der Waals surface area contributed by atoms with E-state index in [2.05, 4.69) is 5.32 Å². The summed E-state index contributed by atoms with van der Waals surface area (Å²) in [4.78, 5) is 24.8. The van der Waals surface area contributed by atoms with E-state index in [1.165, 1.54) is 11.3 Å². The smallest absolute Gasteiger partial charge is 0.326 e. The van der Waals surface area contributed by atoms with Gasteiger partial charge in [0.2, 0.25) is 0 Å². The molecule has 100 valence electrons. The maximum atomic E-state index is 12.0.